The molecule has 2 heterocycles. The largest absolute Gasteiger partial charge is 0.469 e. The lowest BCUT2D eigenvalue weighted by molar-refractivity contribution is -0.145. The molecule has 1 unspecified atom stereocenters. The molecule has 2 rings (SSSR count). The number of anilines is 1. The highest BCUT2D eigenvalue weighted by molar-refractivity contribution is 7.80. The van der Waals surface area contributed by atoms with Crippen molar-refractivity contribution in [3.05, 3.63) is 18.1 Å². The third kappa shape index (κ3) is 2.98. The molecule has 0 amide bonds. The summed E-state index contributed by atoms with van der Waals surface area (Å²) in [6.07, 6.45) is 4.87. The van der Waals surface area contributed by atoms with Gasteiger partial charge in [-0.25, -0.2) is 9.97 Å². The molecule has 102 valence electrons. The number of methoxy groups -OCH3 is 1. The second-order valence-electron chi connectivity index (χ2n) is 4.40. The fourth-order valence-electron chi connectivity index (χ4n) is 2.26. The zero-order chi connectivity index (χ0) is 13.8. The van der Waals surface area contributed by atoms with Crippen LogP contribution in [0.1, 0.15) is 18.5 Å². The van der Waals surface area contributed by atoms with Crippen molar-refractivity contribution < 1.29 is 9.53 Å². The van der Waals surface area contributed by atoms with Crippen molar-refractivity contribution in [2.75, 3.05) is 25.1 Å². The molecular weight excluding hydrogens is 264 g/mol. The van der Waals surface area contributed by atoms with E-state index in [-0.39, 0.29) is 16.9 Å². The van der Waals surface area contributed by atoms with Gasteiger partial charge in [0.25, 0.3) is 0 Å². The number of aromatic nitrogens is 2. The number of nitrogens with two attached hydrogens (primary N) is 1. The van der Waals surface area contributed by atoms with E-state index in [2.05, 4.69) is 9.97 Å². The second kappa shape index (κ2) is 5.92. The Hall–Kier alpha value is -1.76. The molecule has 1 fully saturated rings. The van der Waals surface area contributed by atoms with Crippen LogP contribution in [0, 0.1) is 5.92 Å². The Labute approximate surface area is 117 Å². The summed E-state index contributed by atoms with van der Waals surface area (Å²) in [5.41, 5.74) is 6.16. The summed E-state index contributed by atoms with van der Waals surface area (Å²) in [7, 11) is 1.41. The summed E-state index contributed by atoms with van der Waals surface area (Å²) >= 11 is 4.98. The highest BCUT2D eigenvalue weighted by atomic mass is 32.1. The van der Waals surface area contributed by atoms with Crippen LogP contribution in [-0.4, -0.2) is 41.1 Å². The number of rotatable bonds is 3. The number of hydrogen-bond acceptors (Lipinski definition) is 6. The van der Waals surface area contributed by atoms with Gasteiger partial charge in [0.05, 0.1) is 13.0 Å². The van der Waals surface area contributed by atoms with Crippen molar-refractivity contribution in [2.45, 2.75) is 12.8 Å². The van der Waals surface area contributed by atoms with Gasteiger partial charge in [-0.05, 0) is 12.8 Å². The molecule has 1 aromatic heterocycles. The van der Waals surface area contributed by atoms with E-state index < -0.39 is 0 Å². The van der Waals surface area contributed by atoms with E-state index in [1.165, 1.54) is 7.11 Å². The number of hydrogen-bond donors (Lipinski definition) is 1. The minimum absolute atomic E-state index is 0.139. The zero-order valence-corrected chi connectivity index (χ0v) is 11.5. The summed E-state index contributed by atoms with van der Waals surface area (Å²) < 4.78 is 4.80. The van der Waals surface area contributed by atoms with E-state index in [4.69, 9.17) is 22.7 Å². The van der Waals surface area contributed by atoms with Gasteiger partial charge in [-0.2, -0.15) is 0 Å². The molecule has 0 aliphatic carbocycles. The molecule has 1 aliphatic heterocycles. The van der Waals surface area contributed by atoms with Crippen LogP contribution < -0.4 is 10.6 Å². The molecule has 0 aromatic carbocycles. The molecule has 0 spiro atoms. The van der Waals surface area contributed by atoms with Crippen molar-refractivity contribution in [3.63, 3.8) is 0 Å². The lowest BCUT2D eigenvalue weighted by Crippen LogP contribution is -2.40. The predicted molar refractivity (Wildman–Crippen MR) is 74.9 cm³/mol. The van der Waals surface area contributed by atoms with Gasteiger partial charge < -0.3 is 15.4 Å². The molecule has 19 heavy (non-hydrogen) atoms. The van der Waals surface area contributed by atoms with Crippen molar-refractivity contribution >= 4 is 29.0 Å². The second-order valence-corrected chi connectivity index (χ2v) is 4.84. The Kier molecular flexibility index (Phi) is 4.26. The number of esters is 1. The van der Waals surface area contributed by atoms with Crippen LogP contribution in [0.25, 0.3) is 0 Å². The smallest absolute Gasteiger partial charge is 0.310 e. The standard InChI is InChI=1S/C12H16N4O2S/c1-18-12(17)8-3-2-6-16(7-8)11-9(10(13)19)14-4-5-15-11/h4-5,8H,2-3,6-7H2,1H3,(H2,13,19). The Morgan fingerprint density at radius 2 is 2.26 bits per heavy atom. The highest BCUT2D eigenvalue weighted by Gasteiger charge is 2.28. The third-order valence-corrected chi connectivity index (χ3v) is 3.36. The minimum atomic E-state index is -0.189. The fraction of sp³-hybridized carbons (Fsp3) is 0.500. The van der Waals surface area contributed by atoms with Crippen molar-refractivity contribution in [2.24, 2.45) is 11.7 Å². The predicted octanol–water partition coefficient (Wildman–Crippen LogP) is 0.500. The van der Waals surface area contributed by atoms with Crippen molar-refractivity contribution in [1.29, 1.82) is 0 Å². The first-order chi connectivity index (χ1) is 9.13. The number of thiocarbonyl (C=S) groups is 1. The van der Waals surface area contributed by atoms with Gasteiger partial charge in [-0.15, -0.1) is 0 Å². The van der Waals surface area contributed by atoms with Crippen LogP contribution in [0.5, 0.6) is 0 Å². The van der Waals surface area contributed by atoms with E-state index in [9.17, 15) is 4.79 Å². The third-order valence-electron chi connectivity index (χ3n) is 3.17. The molecule has 0 bridgehead atoms. The summed E-state index contributed by atoms with van der Waals surface area (Å²) in [5.74, 6) is 0.314. The van der Waals surface area contributed by atoms with Gasteiger partial charge in [0.1, 0.15) is 10.7 Å². The lowest BCUT2D eigenvalue weighted by Gasteiger charge is -2.32. The molecule has 1 aromatic rings. The fourth-order valence-corrected chi connectivity index (χ4v) is 2.41. The number of piperidine rings is 1. The average molecular weight is 280 g/mol. The SMILES string of the molecule is COC(=O)C1CCCN(c2nccnc2C(N)=S)C1. The molecule has 6 nitrogen and oxygen atoms in total. The number of carbonyl (C=O) groups is 1. The maximum Gasteiger partial charge on any atom is 0.310 e. The normalized spacial score (nSPS) is 19.0. The average Bonchev–Trinajstić information content (AvgIpc) is 2.46. The van der Waals surface area contributed by atoms with E-state index in [0.717, 1.165) is 19.4 Å². The maximum atomic E-state index is 11.6. The molecule has 1 aliphatic rings. The maximum absolute atomic E-state index is 11.6. The topological polar surface area (TPSA) is 81.3 Å². The molecule has 2 N–H and O–H groups in total. The summed E-state index contributed by atoms with van der Waals surface area (Å²) in [5, 5.41) is 0. The highest BCUT2D eigenvalue weighted by Crippen LogP contribution is 2.24. The Bertz CT molecular complexity index is 494. The Balaban J connectivity index is 2.22. The number of nitrogens with zero attached hydrogens (tertiary/aromatic N) is 3. The molecule has 1 atom stereocenters. The summed E-state index contributed by atoms with van der Waals surface area (Å²) in [4.78, 5) is 22.3. The molecular formula is C12H16N4O2S. The van der Waals surface area contributed by atoms with Gasteiger partial charge in [0, 0.05) is 25.5 Å². The minimum Gasteiger partial charge on any atom is -0.469 e. The van der Waals surface area contributed by atoms with E-state index in [1.807, 2.05) is 4.90 Å². The van der Waals surface area contributed by atoms with Gasteiger partial charge in [-0.3, -0.25) is 4.79 Å². The quantitative estimate of drug-likeness (QED) is 0.637. The van der Waals surface area contributed by atoms with E-state index in [1.54, 1.807) is 12.4 Å². The monoisotopic (exact) mass is 280 g/mol. The van der Waals surface area contributed by atoms with Crippen LogP contribution in [-0.2, 0) is 9.53 Å². The number of ether oxygens (including phenoxy) is 1. The first kappa shape index (κ1) is 13.7. The molecule has 0 radical (unpaired) electrons. The van der Waals surface area contributed by atoms with Crippen LogP contribution >= 0.6 is 12.2 Å². The molecule has 0 saturated carbocycles. The summed E-state index contributed by atoms with van der Waals surface area (Å²) in [6.45, 7) is 1.36. The first-order valence-electron chi connectivity index (χ1n) is 6.07. The van der Waals surface area contributed by atoms with Crippen molar-refractivity contribution in [3.8, 4) is 0 Å². The Morgan fingerprint density at radius 1 is 1.53 bits per heavy atom. The van der Waals surface area contributed by atoms with E-state index in [0.29, 0.717) is 18.1 Å². The zero-order valence-electron chi connectivity index (χ0n) is 10.7. The number of carbonyl (C=O) groups excluding carboxylic acids is 1. The van der Waals surface area contributed by atoms with E-state index >= 15 is 0 Å². The van der Waals surface area contributed by atoms with Gasteiger partial charge in [0.2, 0.25) is 0 Å². The van der Waals surface area contributed by atoms with Crippen LogP contribution in [0.4, 0.5) is 5.82 Å². The lowest BCUT2D eigenvalue weighted by atomic mass is 9.98. The van der Waals surface area contributed by atoms with Crippen molar-refractivity contribution in [1.82, 2.24) is 9.97 Å². The first-order valence-corrected chi connectivity index (χ1v) is 6.48. The van der Waals surface area contributed by atoms with Crippen LogP contribution in [0.3, 0.4) is 0 Å². The van der Waals surface area contributed by atoms with Crippen LogP contribution in [0.15, 0.2) is 12.4 Å². The Morgan fingerprint density at radius 3 is 2.95 bits per heavy atom. The van der Waals surface area contributed by atoms with Gasteiger partial charge in [0.15, 0.2) is 5.82 Å². The summed E-state index contributed by atoms with van der Waals surface area (Å²) in [6, 6.07) is 0. The molecule has 1 saturated heterocycles. The van der Waals surface area contributed by atoms with Gasteiger partial charge in [-0.1, -0.05) is 12.2 Å². The molecule has 7 heteroatoms. The van der Waals surface area contributed by atoms with Crippen LogP contribution in [0.2, 0.25) is 0 Å². The van der Waals surface area contributed by atoms with Gasteiger partial charge >= 0.3 is 5.97 Å².